The average Bonchev–Trinajstić information content (AvgIpc) is 1.85. The topological polar surface area (TPSA) is 92.5 Å². The number of rotatable bonds is 4. The highest BCUT2D eigenvalue weighted by atomic mass is 16.5. The Balaban J connectivity index is 3.30. The normalized spacial score (nSPS) is 8.90. The van der Waals surface area contributed by atoms with Crippen LogP contribution in [0.4, 0.5) is 0 Å². The SMILES string of the molecule is NCCC(=O)OCC(=O)[O-]. The lowest BCUT2D eigenvalue weighted by Crippen LogP contribution is -2.29. The van der Waals surface area contributed by atoms with Crippen LogP contribution in [-0.2, 0) is 14.3 Å². The summed E-state index contributed by atoms with van der Waals surface area (Å²) in [5, 5.41) is 9.69. The van der Waals surface area contributed by atoms with Crippen molar-refractivity contribution in [3.05, 3.63) is 0 Å². The van der Waals surface area contributed by atoms with E-state index in [0.29, 0.717) is 0 Å². The van der Waals surface area contributed by atoms with Crippen LogP contribution in [0.1, 0.15) is 6.42 Å². The van der Waals surface area contributed by atoms with Gasteiger partial charge in [-0.05, 0) is 0 Å². The lowest BCUT2D eigenvalue weighted by molar-refractivity contribution is -0.308. The molecule has 0 aromatic heterocycles. The smallest absolute Gasteiger partial charge is 0.307 e. The standard InChI is InChI=1S/C5H9NO4/c6-2-1-5(9)10-3-4(7)8/h1-3,6H2,(H,7,8)/p-1. The summed E-state index contributed by atoms with van der Waals surface area (Å²) in [6.45, 7) is -0.537. The fraction of sp³-hybridized carbons (Fsp3) is 0.600. The van der Waals surface area contributed by atoms with Crippen molar-refractivity contribution in [2.45, 2.75) is 6.42 Å². The minimum atomic E-state index is -1.41. The molecule has 5 nitrogen and oxygen atoms in total. The number of hydrogen-bond donors (Lipinski definition) is 1. The molecule has 0 saturated carbocycles. The summed E-state index contributed by atoms with van der Waals surface area (Å²) >= 11 is 0. The highest BCUT2D eigenvalue weighted by Crippen LogP contribution is 1.81. The molecule has 0 amide bonds. The first kappa shape index (κ1) is 8.90. The van der Waals surface area contributed by atoms with Crippen LogP contribution in [0.15, 0.2) is 0 Å². The second-order valence-corrected chi connectivity index (χ2v) is 1.57. The van der Waals surface area contributed by atoms with Crippen LogP contribution >= 0.6 is 0 Å². The van der Waals surface area contributed by atoms with Gasteiger partial charge in [0, 0.05) is 6.54 Å². The number of carbonyl (C=O) groups excluding carboxylic acids is 2. The maximum absolute atomic E-state index is 10.4. The Kier molecular flexibility index (Phi) is 4.23. The van der Waals surface area contributed by atoms with E-state index >= 15 is 0 Å². The van der Waals surface area contributed by atoms with Gasteiger partial charge in [-0.15, -0.1) is 0 Å². The lowest BCUT2D eigenvalue weighted by Gasteiger charge is -2.02. The van der Waals surface area contributed by atoms with E-state index in [1.54, 1.807) is 0 Å². The van der Waals surface area contributed by atoms with Crippen molar-refractivity contribution in [3.63, 3.8) is 0 Å². The van der Waals surface area contributed by atoms with Crippen molar-refractivity contribution >= 4 is 11.9 Å². The molecule has 0 aromatic carbocycles. The maximum atomic E-state index is 10.4. The molecule has 5 heteroatoms. The zero-order valence-corrected chi connectivity index (χ0v) is 5.33. The Morgan fingerprint density at radius 3 is 2.50 bits per heavy atom. The fourth-order valence-corrected chi connectivity index (χ4v) is 0.329. The Labute approximate surface area is 57.8 Å². The van der Waals surface area contributed by atoms with Crippen LogP contribution in [0.2, 0.25) is 0 Å². The van der Waals surface area contributed by atoms with E-state index in [1.165, 1.54) is 0 Å². The van der Waals surface area contributed by atoms with E-state index in [2.05, 4.69) is 4.74 Å². The lowest BCUT2D eigenvalue weighted by atomic mass is 10.4. The van der Waals surface area contributed by atoms with Crippen LogP contribution < -0.4 is 10.8 Å². The maximum Gasteiger partial charge on any atom is 0.307 e. The third-order valence-electron chi connectivity index (χ3n) is 0.699. The molecule has 0 aliphatic rings. The van der Waals surface area contributed by atoms with Crippen molar-refractivity contribution < 1.29 is 19.4 Å². The van der Waals surface area contributed by atoms with Gasteiger partial charge in [-0.1, -0.05) is 0 Å². The summed E-state index contributed by atoms with van der Waals surface area (Å²) in [4.78, 5) is 20.0. The second-order valence-electron chi connectivity index (χ2n) is 1.57. The van der Waals surface area contributed by atoms with Crippen LogP contribution in [0.25, 0.3) is 0 Å². The van der Waals surface area contributed by atoms with Gasteiger partial charge in [-0.25, -0.2) is 0 Å². The molecular weight excluding hydrogens is 138 g/mol. The molecule has 0 saturated heterocycles. The Morgan fingerprint density at radius 2 is 2.10 bits per heavy atom. The van der Waals surface area contributed by atoms with Gasteiger partial charge >= 0.3 is 5.97 Å². The number of esters is 1. The van der Waals surface area contributed by atoms with Crippen molar-refractivity contribution in [2.75, 3.05) is 13.2 Å². The number of ether oxygens (including phenoxy) is 1. The summed E-state index contributed by atoms with van der Waals surface area (Å²) in [6, 6.07) is 0. The number of carbonyl (C=O) groups is 2. The molecule has 0 spiro atoms. The van der Waals surface area contributed by atoms with Crippen LogP contribution in [0, 0.1) is 0 Å². The van der Waals surface area contributed by atoms with Crippen molar-refractivity contribution in [2.24, 2.45) is 5.73 Å². The number of hydrogen-bond acceptors (Lipinski definition) is 5. The summed E-state index contributed by atoms with van der Waals surface area (Å²) in [7, 11) is 0. The zero-order valence-electron chi connectivity index (χ0n) is 5.33. The van der Waals surface area contributed by atoms with E-state index in [-0.39, 0.29) is 13.0 Å². The zero-order chi connectivity index (χ0) is 7.98. The highest BCUT2D eigenvalue weighted by molar-refractivity contribution is 5.74. The molecule has 0 aromatic rings. The van der Waals surface area contributed by atoms with E-state index in [4.69, 9.17) is 5.73 Å². The van der Waals surface area contributed by atoms with Gasteiger partial charge in [0.05, 0.1) is 12.4 Å². The van der Waals surface area contributed by atoms with Gasteiger partial charge in [0.1, 0.15) is 6.61 Å². The van der Waals surface area contributed by atoms with E-state index in [0.717, 1.165) is 0 Å². The Hall–Kier alpha value is -1.10. The summed E-state index contributed by atoms with van der Waals surface area (Å²) in [5.74, 6) is -2.03. The van der Waals surface area contributed by atoms with Gasteiger partial charge in [-0.2, -0.15) is 0 Å². The molecule has 0 aliphatic carbocycles. The molecule has 0 atom stereocenters. The molecule has 10 heavy (non-hydrogen) atoms. The first-order valence-electron chi connectivity index (χ1n) is 2.72. The van der Waals surface area contributed by atoms with Crippen molar-refractivity contribution in [1.82, 2.24) is 0 Å². The third-order valence-corrected chi connectivity index (χ3v) is 0.699. The predicted molar refractivity (Wildman–Crippen MR) is 29.6 cm³/mol. The molecule has 0 rings (SSSR count). The van der Waals surface area contributed by atoms with Crippen molar-refractivity contribution in [1.29, 1.82) is 0 Å². The van der Waals surface area contributed by atoms with Gasteiger partial charge in [-0.3, -0.25) is 4.79 Å². The first-order chi connectivity index (χ1) is 4.66. The summed E-state index contributed by atoms with van der Waals surface area (Å²) in [6.07, 6.45) is 0.0350. The first-order valence-corrected chi connectivity index (χ1v) is 2.72. The molecule has 0 bridgehead atoms. The van der Waals surface area contributed by atoms with Crippen molar-refractivity contribution in [3.8, 4) is 0 Å². The number of aliphatic carboxylic acids is 1. The van der Waals surface area contributed by atoms with E-state index < -0.39 is 18.5 Å². The minimum absolute atomic E-state index is 0.0350. The number of nitrogens with two attached hydrogens (primary N) is 1. The van der Waals surface area contributed by atoms with Crippen LogP contribution in [0.5, 0.6) is 0 Å². The van der Waals surface area contributed by atoms with Crippen LogP contribution in [0.3, 0.4) is 0 Å². The van der Waals surface area contributed by atoms with Gasteiger partial charge in [0.15, 0.2) is 0 Å². The highest BCUT2D eigenvalue weighted by Gasteiger charge is 1.98. The average molecular weight is 146 g/mol. The summed E-state index contributed by atoms with van der Waals surface area (Å²) in [5.41, 5.74) is 4.97. The molecule has 0 unspecified atom stereocenters. The third kappa shape index (κ3) is 5.04. The van der Waals surface area contributed by atoms with E-state index in [1.807, 2.05) is 0 Å². The largest absolute Gasteiger partial charge is 0.546 e. The van der Waals surface area contributed by atoms with Gasteiger partial charge < -0.3 is 20.4 Å². The Morgan fingerprint density at radius 1 is 1.50 bits per heavy atom. The molecule has 0 heterocycles. The molecular formula is C5H8NO4-. The quantitative estimate of drug-likeness (QED) is 0.447. The van der Waals surface area contributed by atoms with Gasteiger partial charge in [0.25, 0.3) is 0 Å². The number of carboxylic acid groups (broad SMARTS) is 1. The minimum Gasteiger partial charge on any atom is -0.546 e. The fourth-order valence-electron chi connectivity index (χ4n) is 0.329. The summed E-state index contributed by atoms with van der Waals surface area (Å²) < 4.78 is 4.16. The monoisotopic (exact) mass is 146 g/mol. The molecule has 0 radical (unpaired) electrons. The van der Waals surface area contributed by atoms with E-state index in [9.17, 15) is 14.7 Å². The Bertz CT molecular complexity index is 134. The predicted octanol–water partition coefficient (Wildman–Crippen LogP) is -2.37. The number of carboxylic acids is 1. The molecule has 0 aliphatic heterocycles. The van der Waals surface area contributed by atoms with Gasteiger partial charge in [0.2, 0.25) is 0 Å². The second kappa shape index (κ2) is 4.75. The molecule has 2 N–H and O–H groups in total. The molecule has 58 valence electrons. The molecule has 0 fully saturated rings. The van der Waals surface area contributed by atoms with Crippen LogP contribution in [-0.4, -0.2) is 25.1 Å².